The summed E-state index contributed by atoms with van der Waals surface area (Å²) in [7, 11) is 0. The SMILES string of the molecule is CC(C)c1cccc(C(C)C)c1[N+](Cc1ccccc1)(CC1(n2ccc3cccnc32)CCCC1)C(N)=O. The van der Waals surface area contributed by atoms with Gasteiger partial charge in [0.25, 0.3) is 0 Å². The Morgan fingerprint density at radius 3 is 2.18 bits per heavy atom. The molecule has 1 unspecified atom stereocenters. The Balaban J connectivity index is 1.80. The van der Waals surface area contributed by atoms with Crippen LogP contribution in [0.25, 0.3) is 11.0 Å². The van der Waals surface area contributed by atoms with Crippen LogP contribution in [0.5, 0.6) is 0 Å². The molecule has 198 valence electrons. The molecule has 1 saturated carbocycles. The summed E-state index contributed by atoms with van der Waals surface area (Å²) in [5.74, 6) is 0.509. The largest absolute Gasteiger partial charge is 0.419 e. The highest BCUT2D eigenvalue weighted by Gasteiger charge is 2.51. The van der Waals surface area contributed by atoms with Gasteiger partial charge in [0.05, 0.1) is 5.54 Å². The molecular weight excluding hydrogens is 468 g/mol. The van der Waals surface area contributed by atoms with E-state index >= 15 is 0 Å². The number of rotatable bonds is 8. The average molecular weight is 510 g/mol. The minimum absolute atomic E-state index is 0.0956. The number of quaternary nitrogens is 1. The van der Waals surface area contributed by atoms with E-state index in [1.807, 2.05) is 18.3 Å². The number of nitrogens with zero attached hydrogens (tertiary/aromatic N) is 3. The van der Waals surface area contributed by atoms with E-state index in [0.29, 0.717) is 13.1 Å². The van der Waals surface area contributed by atoms with Gasteiger partial charge in [0.1, 0.15) is 24.4 Å². The number of hydrogen-bond donors (Lipinski definition) is 1. The van der Waals surface area contributed by atoms with Crippen molar-refractivity contribution >= 4 is 22.8 Å². The highest BCUT2D eigenvalue weighted by atomic mass is 16.2. The van der Waals surface area contributed by atoms with Gasteiger partial charge in [-0.2, -0.15) is 0 Å². The lowest BCUT2D eigenvalue weighted by Gasteiger charge is -2.44. The molecule has 1 fully saturated rings. The van der Waals surface area contributed by atoms with Gasteiger partial charge in [-0.3, -0.25) is 0 Å². The van der Waals surface area contributed by atoms with Gasteiger partial charge < -0.3 is 10.3 Å². The summed E-state index contributed by atoms with van der Waals surface area (Å²) < 4.78 is 2.46. The quantitative estimate of drug-likeness (QED) is 0.246. The highest BCUT2D eigenvalue weighted by molar-refractivity contribution is 5.88. The molecule has 5 nitrogen and oxygen atoms in total. The number of hydrogen-bond acceptors (Lipinski definition) is 2. The van der Waals surface area contributed by atoms with E-state index in [2.05, 4.69) is 93.1 Å². The fraction of sp³-hybridized carbons (Fsp3) is 0.394. The first kappa shape index (κ1) is 26.2. The molecule has 2 heterocycles. The maximum absolute atomic E-state index is 14.1. The second-order valence-electron chi connectivity index (χ2n) is 11.7. The molecule has 0 bridgehead atoms. The number of pyridine rings is 1. The number of amides is 2. The van der Waals surface area contributed by atoms with Crippen molar-refractivity contribution in [3.05, 3.63) is 95.8 Å². The highest BCUT2D eigenvalue weighted by Crippen LogP contribution is 2.47. The molecule has 0 aliphatic heterocycles. The zero-order chi connectivity index (χ0) is 26.9. The average Bonchev–Trinajstić information content (AvgIpc) is 3.56. The second kappa shape index (κ2) is 10.4. The number of primary amides is 1. The first-order chi connectivity index (χ1) is 18.3. The summed E-state index contributed by atoms with van der Waals surface area (Å²) in [6.07, 6.45) is 8.29. The Morgan fingerprint density at radius 1 is 0.921 bits per heavy atom. The van der Waals surface area contributed by atoms with Crippen LogP contribution >= 0.6 is 0 Å². The summed E-state index contributed by atoms with van der Waals surface area (Å²) >= 11 is 0. The maximum Gasteiger partial charge on any atom is 0.419 e. The van der Waals surface area contributed by atoms with Crippen molar-refractivity contribution in [3.63, 3.8) is 0 Å². The van der Waals surface area contributed by atoms with E-state index in [1.54, 1.807) is 0 Å². The van der Waals surface area contributed by atoms with Gasteiger partial charge in [0.2, 0.25) is 0 Å². The van der Waals surface area contributed by atoms with Crippen LogP contribution in [-0.4, -0.2) is 22.1 Å². The van der Waals surface area contributed by atoms with E-state index in [4.69, 9.17) is 10.7 Å². The minimum atomic E-state index is -0.292. The van der Waals surface area contributed by atoms with Crippen molar-refractivity contribution in [2.45, 2.75) is 77.3 Å². The van der Waals surface area contributed by atoms with Crippen LogP contribution in [0.3, 0.4) is 0 Å². The molecule has 0 spiro atoms. The molecule has 1 atom stereocenters. The van der Waals surface area contributed by atoms with Crippen molar-refractivity contribution in [3.8, 4) is 0 Å². The normalized spacial score (nSPS) is 16.8. The number of carbonyl (C=O) groups is 1. The Morgan fingerprint density at radius 2 is 1.58 bits per heavy atom. The number of benzene rings is 2. The summed E-state index contributed by atoms with van der Waals surface area (Å²) in [4.78, 5) is 18.9. The Bertz CT molecular complexity index is 1390. The molecule has 1 aliphatic carbocycles. The molecule has 5 rings (SSSR count). The molecule has 0 radical (unpaired) electrons. The molecule has 5 heteroatoms. The van der Waals surface area contributed by atoms with Crippen LogP contribution in [0.1, 0.15) is 81.9 Å². The Labute approximate surface area is 226 Å². The molecule has 4 aromatic rings. The van der Waals surface area contributed by atoms with E-state index < -0.39 is 0 Å². The molecule has 2 N–H and O–H groups in total. The van der Waals surface area contributed by atoms with Crippen molar-refractivity contribution in [2.24, 2.45) is 5.73 Å². The molecule has 0 saturated heterocycles. The van der Waals surface area contributed by atoms with Crippen LogP contribution in [0, 0.1) is 0 Å². The number of fused-ring (bicyclic) bond motifs is 1. The van der Waals surface area contributed by atoms with Crippen molar-refractivity contribution in [1.29, 1.82) is 0 Å². The number of carbonyl (C=O) groups excluding carboxylic acids is 1. The third-order valence-electron chi connectivity index (χ3n) is 8.55. The fourth-order valence-corrected chi connectivity index (χ4v) is 6.74. The van der Waals surface area contributed by atoms with E-state index in [1.165, 1.54) is 11.1 Å². The van der Waals surface area contributed by atoms with Crippen molar-refractivity contribution < 1.29 is 4.79 Å². The standard InChI is InChI=1S/C33H40N4O/c1-24(2)28-15-10-16-29(25(3)4)30(28)37(32(34)38,22-26-12-6-5-7-13-26)23-33(18-8-9-19-33)36-21-17-27-14-11-20-35-31(27)36/h5-7,10-17,20-21,24-25H,8-9,18-19,22-23H2,1-4H3,(H-,34,38)/p+1. The van der Waals surface area contributed by atoms with Crippen molar-refractivity contribution in [1.82, 2.24) is 14.0 Å². The van der Waals surface area contributed by atoms with Gasteiger partial charge in [-0.15, -0.1) is 0 Å². The van der Waals surface area contributed by atoms with Gasteiger partial charge in [-0.05, 0) is 42.9 Å². The maximum atomic E-state index is 14.1. The second-order valence-corrected chi connectivity index (χ2v) is 11.7. The summed E-state index contributed by atoms with van der Waals surface area (Å²) in [6, 6.07) is 22.9. The van der Waals surface area contributed by atoms with Crippen LogP contribution in [0.15, 0.2) is 79.1 Å². The fourth-order valence-electron chi connectivity index (χ4n) is 6.74. The monoisotopic (exact) mass is 509 g/mol. The van der Waals surface area contributed by atoms with E-state index in [-0.39, 0.29) is 27.9 Å². The Kier molecular flexibility index (Phi) is 7.15. The first-order valence-corrected chi connectivity index (χ1v) is 14.0. The zero-order valence-electron chi connectivity index (χ0n) is 23.2. The number of aromatic nitrogens is 2. The number of para-hydroxylation sites is 1. The lowest BCUT2D eigenvalue weighted by molar-refractivity contribution is 0.160. The number of nitrogens with two attached hydrogens (primary N) is 1. The predicted molar refractivity (Wildman–Crippen MR) is 157 cm³/mol. The summed E-state index contributed by atoms with van der Waals surface area (Å²) in [5, 5.41) is 1.13. The molecular formula is C33H41N4O+. The minimum Gasteiger partial charge on any atom is -0.321 e. The van der Waals surface area contributed by atoms with Gasteiger partial charge in [-0.25, -0.2) is 14.3 Å². The summed E-state index contributed by atoms with van der Waals surface area (Å²) in [6.45, 7) is 9.99. The van der Waals surface area contributed by atoms with Crippen LogP contribution < -0.4 is 10.2 Å². The molecule has 2 amide bonds. The third kappa shape index (κ3) is 4.54. The molecule has 1 aliphatic rings. The topological polar surface area (TPSA) is 60.9 Å². The number of urea groups is 1. The van der Waals surface area contributed by atoms with E-state index in [0.717, 1.165) is 48.0 Å². The van der Waals surface area contributed by atoms with Gasteiger partial charge in [-0.1, -0.05) is 89.1 Å². The van der Waals surface area contributed by atoms with Crippen LogP contribution in [0.4, 0.5) is 10.5 Å². The van der Waals surface area contributed by atoms with Crippen LogP contribution in [-0.2, 0) is 12.1 Å². The Hall–Kier alpha value is -3.44. The lowest BCUT2D eigenvalue weighted by Crippen LogP contribution is -2.63. The summed E-state index contributed by atoms with van der Waals surface area (Å²) in [5.41, 5.74) is 11.9. The lowest BCUT2D eigenvalue weighted by atomic mass is 9.87. The zero-order valence-corrected chi connectivity index (χ0v) is 23.2. The van der Waals surface area contributed by atoms with Gasteiger partial charge in [0, 0.05) is 34.5 Å². The first-order valence-electron chi connectivity index (χ1n) is 14.0. The molecule has 2 aromatic carbocycles. The third-order valence-corrected chi connectivity index (χ3v) is 8.55. The van der Waals surface area contributed by atoms with Gasteiger partial charge >= 0.3 is 6.03 Å². The smallest absolute Gasteiger partial charge is 0.321 e. The van der Waals surface area contributed by atoms with Gasteiger partial charge in [0.15, 0.2) is 0 Å². The predicted octanol–water partition coefficient (Wildman–Crippen LogP) is 7.84. The van der Waals surface area contributed by atoms with E-state index in [9.17, 15) is 4.79 Å². The van der Waals surface area contributed by atoms with Crippen LogP contribution in [0.2, 0.25) is 0 Å². The molecule has 2 aromatic heterocycles. The van der Waals surface area contributed by atoms with Crippen molar-refractivity contribution in [2.75, 3.05) is 6.54 Å². The molecule has 38 heavy (non-hydrogen) atoms.